The summed E-state index contributed by atoms with van der Waals surface area (Å²) in [5, 5.41) is 36.5. The minimum atomic E-state index is -1.72. The summed E-state index contributed by atoms with van der Waals surface area (Å²) in [4.78, 5) is 11.0. The van der Waals surface area contributed by atoms with Crippen molar-refractivity contribution in [2.24, 2.45) is 0 Å². The molecule has 1 aliphatic heterocycles. The van der Waals surface area contributed by atoms with Crippen LogP contribution < -0.4 is 0 Å². The molecule has 0 saturated carbocycles. The van der Waals surface area contributed by atoms with Gasteiger partial charge in [0, 0.05) is 0 Å². The minimum absolute atomic E-state index is 0.928. The molecular formula is C7H12O7. The lowest BCUT2D eigenvalue weighted by Crippen LogP contribution is -2.59. The number of carbonyl (C=O) groups excluding carboxylic acids is 1. The molecule has 7 heteroatoms. The van der Waals surface area contributed by atoms with Crippen LogP contribution in [0.2, 0.25) is 0 Å². The van der Waals surface area contributed by atoms with Gasteiger partial charge in [-0.1, -0.05) is 0 Å². The fourth-order valence-electron chi connectivity index (χ4n) is 1.17. The summed E-state index contributed by atoms with van der Waals surface area (Å²) in [6.45, 7) is 0. The third-order valence-electron chi connectivity index (χ3n) is 2.02. The highest BCUT2D eigenvalue weighted by Crippen LogP contribution is 2.20. The quantitative estimate of drug-likeness (QED) is 0.338. The van der Waals surface area contributed by atoms with E-state index in [1.54, 1.807) is 0 Å². The van der Waals surface area contributed by atoms with Gasteiger partial charge in [-0.25, -0.2) is 4.79 Å². The van der Waals surface area contributed by atoms with E-state index in [4.69, 9.17) is 10.2 Å². The van der Waals surface area contributed by atoms with E-state index in [1.807, 2.05) is 0 Å². The Hall–Kier alpha value is -0.730. The topological polar surface area (TPSA) is 116 Å². The van der Waals surface area contributed by atoms with Crippen molar-refractivity contribution < 1.29 is 34.7 Å². The second kappa shape index (κ2) is 4.20. The molecule has 0 amide bonds. The molecular weight excluding hydrogens is 196 g/mol. The molecule has 1 saturated heterocycles. The van der Waals surface area contributed by atoms with E-state index in [-0.39, 0.29) is 0 Å². The second-order valence-electron chi connectivity index (χ2n) is 2.94. The lowest BCUT2D eigenvalue weighted by molar-refractivity contribution is -0.280. The highest BCUT2D eigenvalue weighted by atomic mass is 16.7. The molecule has 1 fully saturated rings. The molecule has 0 aromatic rings. The molecule has 5 atom stereocenters. The van der Waals surface area contributed by atoms with E-state index < -0.39 is 36.7 Å². The standard InChI is InChI=1S/C7H12O7/c1-13-7(12)5-3(9)2(8)4(10)6(11)14-5/h2-6,8-11H,1H3/t2-,3?,4?,5?,6?/m0/s1. The van der Waals surface area contributed by atoms with Crippen molar-refractivity contribution in [1.29, 1.82) is 0 Å². The number of hydrogen-bond donors (Lipinski definition) is 4. The zero-order valence-electron chi connectivity index (χ0n) is 7.40. The van der Waals surface area contributed by atoms with Crippen LogP contribution in [0.25, 0.3) is 0 Å². The number of rotatable bonds is 1. The van der Waals surface area contributed by atoms with Crippen molar-refractivity contribution in [3.05, 3.63) is 0 Å². The van der Waals surface area contributed by atoms with Crippen LogP contribution in [0.15, 0.2) is 0 Å². The van der Waals surface area contributed by atoms with E-state index in [2.05, 4.69) is 9.47 Å². The summed E-state index contributed by atoms with van der Waals surface area (Å²) < 4.78 is 8.82. The zero-order valence-corrected chi connectivity index (χ0v) is 7.40. The van der Waals surface area contributed by atoms with Gasteiger partial charge in [-0.3, -0.25) is 0 Å². The molecule has 1 aliphatic rings. The predicted octanol–water partition coefficient (Wildman–Crippen LogP) is -3.04. The summed E-state index contributed by atoms with van der Waals surface area (Å²) >= 11 is 0. The van der Waals surface area contributed by atoms with Crippen molar-refractivity contribution in [2.45, 2.75) is 30.7 Å². The molecule has 1 heterocycles. The Morgan fingerprint density at radius 1 is 1.14 bits per heavy atom. The average molecular weight is 208 g/mol. The van der Waals surface area contributed by atoms with Crippen LogP contribution >= 0.6 is 0 Å². The fraction of sp³-hybridized carbons (Fsp3) is 0.857. The fourth-order valence-corrected chi connectivity index (χ4v) is 1.17. The molecule has 0 aromatic carbocycles. The van der Waals surface area contributed by atoms with Crippen LogP contribution in [0, 0.1) is 0 Å². The van der Waals surface area contributed by atoms with Crippen molar-refractivity contribution in [1.82, 2.24) is 0 Å². The van der Waals surface area contributed by atoms with Crippen molar-refractivity contribution in [3.8, 4) is 0 Å². The molecule has 0 bridgehead atoms. The zero-order chi connectivity index (χ0) is 10.9. The van der Waals surface area contributed by atoms with Gasteiger partial charge < -0.3 is 29.9 Å². The first-order valence-corrected chi connectivity index (χ1v) is 3.94. The van der Waals surface area contributed by atoms with E-state index in [1.165, 1.54) is 0 Å². The summed E-state index contributed by atoms with van der Waals surface area (Å²) in [6.07, 6.45) is -8.14. The molecule has 0 aromatic heterocycles. The van der Waals surface area contributed by atoms with Gasteiger partial charge in [-0.2, -0.15) is 0 Å². The van der Waals surface area contributed by atoms with E-state index in [9.17, 15) is 15.0 Å². The first-order valence-electron chi connectivity index (χ1n) is 3.94. The van der Waals surface area contributed by atoms with Crippen molar-refractivity contribution >= 4 is 5.97 Å². The van der Waals surface area contributed by atoms with Crippen LogP contribution in [0.3, 0.4) is 0 Å². The third-order valence-corrected chi connectivity index (χ3v) is 2.02. The van der Waals surface area contributed by atoms with Gasteiger partial charge in [0.25, 0.3) is 0 Å². The third kappa shape index (κ3) is 1.86. The number of esters is 1. The number of aliphatic hydroxyl groups excluding tert-OH is 4. The largest absolute Gasteiger partial charge is 0.467 e. The lowest BCUT2D eigenvalue weighted by atomic mass is 9.99. The van der Waals surface area contributed by atoms with E-state index >= 15 is 0 Å². The Labute approximate surface area is 79.5 Å². The Bertz CT molecular complexity index is 218. The summed E-state index contributed by atoms with van der Waals surface area (Å²) in [5.41, 5.74) is 0. The van der Waals surface area contributed by atoms with Gasteiger partial charge in [-0.05, 0) is 0 Å². The molecule has 0 spiro atoms. The first-order chi connectivity index (χ1) is 6.49. The van der Waals surface area contributed by atoms with Crippen LogP contribution in [0.1, 0.15) is 0 Å². The molecule has 82 valence electrons. The maximum absolute atomic E-state index is 11.0. The van der Waals surface area contributed by atoms with Gasteiger partial charge in [0.05, 0.1) is 7.11 Å². The smallest absolute Gasteiger partial charge is 0.337 e. The van der Waals surface area contributed by atoms with Crippen LogP contribution in [-0.2, 0) is 14.3 Å². The van der Waals surface area contributed by atoms with E-state index in [0.29, 0.717) is 0 Å². The number of methoxy groups -OCH3 is 1. The maximum Gasteiger partial charge on any atom is 0.337 e. The molecule has 4 unspecified atom stereocenters. The predicted molar refractivity (Wildman–Crippen MR) is 40.9 cm³/mol. The van der Waals surface area contributed by atoms with Crippen LogP contribution in [0.5, 0.6) is 0 Å². The number of hydrogen-bond acceptors (Lipinski definition) is 7. The lowest BCUT2D eigenvalue weighted by Gasteiger charge is -2.36. The number of carbonyl (C=O) groups is 1. The Morgan fingerprint density at radius 3 is 2.21 bits per heavy atom. The first kappa shape index (κ1) is 11.3. The molecule has 7 nitrogen and oxygen atoms in total. The molecule has 14 heavy (non-hydrogen) atoms. The van der Waals surface area contributed by atoms with Crippen LogP contribution in [-0.4, -0.2) is 64.2 Å². The molecule has 4 N–H and O–H groups in total. The SMILES string of the molecule is COC(=O)C1OC(O)C(O)[C@@H](O)C1O. The normalized spacial score (nSPS) is 43.4. The maximum atomic E-state index is 11.0. The Morgan fingerprint density at radius 2 is 1.71 bits per heavy atom. The number of aliphatic hydroxyl groups is 4. The van der Waals surface area contributed by atoms with Gasteiger partial charge in [0.2, 0.25) is 0 Å². The average Bonchev–Trinajstić information content (AvgIpc) is 2.19. The highest BCUT2D eigenvalue weighted by molar-refractivity contribution is 5.75. The Kier molecular flexibility index (Phi) is 3.40. The number of ether oxygens (including phenoxy) is 2. The summed E-state index contributed by atoms with van der Waals surface area (Å²) in [6, 6.07) is 0. The van der Waals surface area contributed by atoms with Gasteiger partial charge in [-0.15, -0.1) is 0 Å². The van der Waals surface area contributed by atoms with E-state index in [0.717, 1.165) is 7.11 Å². The second-order valence-corrected chi connectivity index (χ2v) is 2.94. The monoisotopic (exact) mass is 208 g/mol. The summed E-state index contributed by atoms with van der Waals surface area (Å²) in [7, 11) is 1.07. The highest BCUT2D eigenvalue weighted by Gasteiger charge is 2.46. The molecule has 0 radical (unpaired) electrons. The minimum Gasteiger partial charge on any atom is -0.467 e. The Balaban J connectivity index is 2.75. The van der Waals surface area contributed by atoms with Gasteiger partial charge in [0.15, 0.2) is 12.4 Å². The molecule has 1 rings (SSSR count). The molecule has 0 aliphatic carbocycles. The van der Waals surface area contributed by atoms with Crippen LogP contribution in [0.4, 0.5) is 0 Å². The van der Waals surface area contributed by atoms with Gasteiger partial charge in [0.1, 0.15) is 18.3 Å². The van der Waals surface area contributed by atoms with Crippen molar-refractivity contribution in [2.75, 3.05) is 7.11 Å². The van der Waals surface area contributed by atoms with Gasteiger partial charge >= 0.3 is 5.97 Å². The van der Waals surface area contributed by atoms with Crippen molar-refractivity contribution in [3.63, 3.8) is 0 Å². The summed E-state index contributed by atoms with van der Waals surface area (Å²) in [5.74, 6) is -0.928.